The quantitative estimate of drug-likeness (QED) is 0.779. The second-order valence-corrected chi connectivity index (χ2v) is 7.16. The molecule has 118 valence electrons. The van der Waals surface area contributed by atoms with Gasteiger partial charge in [-0.15, -0.1) is 21.5 Å². The predicted octanol–water partition coefficient (Wildman–Crippen LogP) is 3.68. The van der Waals surface area contributed by atoms with Crippen LogP contribution in [-0.2, 0) is 4.79 Å². The number of piperidine rings is 1. The lowest BCUT2D eigenvalue weighted by Gasteiger charge is -2.35. The van der Waals surface area contributed by atoms with Crippen LogP contribution >= 0.6 is 23.1 Å². The summed E-state index contributed by atoms with van der Waals surface area (Å²) in [5, 5.41) is 10.5. The maximum atomic E-state index is 12.4. The molecule has 0 bridgehead atoms. The molecule has 1 aliphatic heterocycles. The molecule has 7 heteroatoms. The SMILES string of the molecule is CC[C@@H]1CCCCN1C(=O)CSc1nnc(-c2cccs2)o1. The number of nitrogens with zero attached hydrogens (tertiary/aromatic N) is 3. The van der Waals surface area contributed by atoms with Gasteiger partial charge in [-0.05, 0) is 37.1 Å². The summed E-state index contributed by atoms with van der Waals surface area (Å²) in [5.74, 6) is 1.06. The van der Waals surface area contributed by atoms with Crippen LogP contribution in [0.25, 0.3) is 10.8 Å². The molecule has 1 atom stereocenters. The molecule has 0 unspecified atom stereocenters. The van der Waals surface area contributed by atoms with Crippen LogP contribution in [0.15, 0.2) is 27.2 Å². The molecular weight excluding hydrogens is 318 g/mol. The standard InChI is InChI=1S/C15H19N3O2S2/c1-2-11-6-3-4-8-18(11)13(19)10-22-15-17-16-14(20-15)12-7-5-9-21-12/h5,7,9,11H,2-4,6,8,10H2,1H3/t11-/m1/s1. The molecule has 3 rings (SSSR count). The Morgan fingerprint density at radius 3 is 3.18 bits per heavy atom. The van der Waals surface area contributed by atoms with Gasteiger partial charge in [0.1, 0.15) is 0 Å². The number of hydrogen-bond donors (Lipinski definition) is 0. The largest absolute Gasteiger partial charge is 0.410 e. The summed E-state index contributed by atoms with van der Waals surface area (Å²) in [6.07, 6.45) is 4.48. The fraction of sp³-hybridized carbons (Fsp3) is 0.533. The molecular formula is C15H19N3O2S2. The van der Waals surface area contributed by atoms with E-state index >= 15 is 0 Å². The van der Waals surface area contributed by atoms with Gasteiger partial charge in [-0.25, -0.2) is 0 Å². The number of thioether (sulfide) groups is 1. The van der Waals surface area contributed by atoms with Crippen molar-refractivity contribution in [3.63, 3.8) is 0 Å². The smallest absolute Gasteiger partial charge is 0.277 e. The van der Waals surface area contributed by atoms with Gasteiger partial charge in [0.15, 0.2) is 0 Å². The van der Waals surface area contributed by atoms with Crippen molar-refractivity contribution < 1.29 is 9.21 Å². The van der Waals surface area contributed by atoms with Crippen molar-refractivity contribution in [1.29, 1.82) is 0 Å². The lowest BCUT2D eigenvalue weighted by atomic mass is 10.0. The van der Waals surface area contributed by atoms with Crippen LogP contribution in [0.5, 0.6) is 0 Å². The number of aromatic nitrogens is 2. The number of carbonyl (C=O) groups is 1. The number of rotatable bonds is 5. The minimum Gasteiger partial charge on any atom is -0.410 e. The Morgan fingerprint density at radius 2 is 2.41 bits per heavy atom. The zero-order chi connectivity index (χ0) is 15.4. The third-order valence-corrected chi connectivity index (χ3v) is 5.54. The van der Waals surface area contributed by atoms with Crippen molar-refractivity contribution in [2.45, 2.75) is 43.9 Å². The van der Waals surface area contributed by atoms with Gasteiger partial charge in [-0.2, -0.15) is 0 Å². The van der Waals surface area contributed by atoms with Gasteiger partial charge in [0.05, 0.1) is 10.6 Å². The van der Waals surface area contributed by atoms with Gasteiger partial charge in [0, 0.05) is 12.6 Å². The predicted molar refractivity (Wildman–Crippen MR) is 88.0 cm³/mol. The van der Waals surface area contributed by atoms with Crippen LogP contribution in [0, 0.1) is 0 Å². The summed E-state index contributed by atoms with van der Waals surface area (Å²) < 4.78 is 5.60. The van der Waals surface area contributed by atoms with Gasteiger partial charge in [0.25, 0.3) is 11.1 Å². The van der Waals surface area contributed by atoms with Gasteiger partial charge in [0.2, 0.25) is 5.91 Å². The zero-order valence-electron chi connectivity index (χ0n) is 12.5. The number of thiophene rings is 1. The molecule has 1 aliphatic rings. The molecule has 5 nitrogen and oxygen atoms in total. The first-order valence-electron chi connectivity index (χ1n) is 7.57. The summed E-state index contributed by atoms with van der Waals surface area (Å²) in [5.41, 5.74) is 0. The molecule has 0 radical (unpaired) electrons. The molecule has 3 heterocycles. The highest BCUT2D eigenvalue weighted by Crippen LogP contribution is 2.27. The normalized spacial score (nSPS) is 18.6. The Labute approximate surface area is 138 Å². The molecule has 2 aromatic heterocycles. The third kappa shape index (κ3) is 3.52. The molecule has 0 spiro atoms. The highest BCUT2D eigenvalue weighted by atomic mass is 32.2. The average Bonchev–Trinajstić information content (AvgIpc) is 3.23. The van der Waals surface area contributed by atoms with Crippen LogP contribution in [0.4, 0.5) is 0 Å². The van der Waals surface area contributed by atoms with Crippen molar-refractivity contribution in [2.75, 3.05) is 12.3 Å². The van der Waals surface area contributed by atoms with Crippen molar-refractivity contribution in [1.82, 2.24) is 15.1 Å². The lowest BCUT2D eigenvalue weighted by molar-refractivity contribution is -0.132. The maximum Gasteiger partial charge on any atom is 0.277 e. The van der Waals surface area contributed by atoms with Crippen LogP contribution in [0.2, 0.25) is 0 Å². The first-order chi connectivity index (χ1) is 10.8. The number of hydrogen-bond acceptors (Lipinski definition) is 6. The minimum absolute atomic E-state index is 0.174. The second-order valence-electron chi connectivity index (χ2n) is 5.28. The van der Waals surface area contributed by atoms with Crippen LogP contribution in [0.3, 0.4) is 0 Å². The molecule has 0 saturated carbocycles. The fourth-order valence-electron chi connectivity index (χ4n) is 2.73. The van der Waals surface area contributed by atoms with Crippen LogP contribution < -0.4 is 0 Å². The Balaban J connectivity index is 1.57. The molecule has 0 aromatic carbocycles. The van der Waals surface area contributed by atoms with E-state index in [1.807, 2.05) is 22.4 Å². The van der Waals surface area contributed by atoms with E-state index < -0.39 is 0 Å². The minimum atomic E-state index is 0.174. The Hall–Kier alpha value is -1.34. The van der Waals surface area contributed by atoms with E-state index in [0.29, 0.717) is 22.9 Å². The molecule has 1 amide bonds. The van der Waals surface area contributed by atoms with Crippen LogP contribution in [0.1, 0.15) is 32.6 Å². The summed E-state index contributed by atoms with van der Waals surface area (Å²) >= 11 is 2.89. The first-order valence-corrected chi connectivity index (χ1v) is 9.44. The number of carbonyl (C=O) groups excluding carboxylic acids is 1. The average molecular weight is 337 g/mol. The number of likely N-dealkylation sites (tertiary alicyclic amines) is 1. The summed E-state index contributed by atoms with van der Waals surface area (Å²) in [4.78, 5) is 15.4. The van der Waals surface area contributed by atoms with Gasteiger partial charge < -0.3 is 9.32 Å². The van der Waals surface area contributed by atoms with E-state index in [-0.39, 0.29) is 5.91 Å². The topological polar surface area (TPSA) is 59.2 Å². The van der Waals surface area contributed by atoms with E-state index in [9.17, 15) is 4.79 Å². The summed E-state index contributed by atoms with van der Waals surface area (Å²) in [6, 6.07) is 4.28. The highest BCUT2D eigenvalue weighted by molar-refractivity contribution is 7.99. The third-order valence-electron chi connectivity index (χ3n) is 3.88. The number of amides is 1. The molecule has 2 aromatic rings. The van der Waals surface area contributed by atoms with E-state index in [2.05, 4.69) is 17.1 Å². The van der Waals surface area contributed by atoms with Crippen molar-refractivity contribution in [3.05, 3.63) is 17.5 Å². The van der Waals surface area contributed by atoms with Gasteiger partial charge >= 0.3 is 0 Å². The first kappa shape index (κ1) is 15.6. The maximum absolute atomic E-state index is 12.4. The van der Waals surface area contributed by atoms with Gasteiger partial charge in [-0.1, -0.05) is 24.8 Å². The van der Waals surface area contributed by atoms with Crippen molar-refractivity contribution >= 4 is 29.0 Å². The van der Waals surface area contributed by atoms with E-state index in [0.717, 1.165) is 30.7 Å². The fourth-order valence-corrected chi connectivity index (χ4v) is 4.02. The molecule has 1 saturated heterocycles. The summed E-state index contributed by atoms with van der Waals surface area (Å²) in [7, 11) is 0. The molecule has 1 fully saturated rings. The molecule has 22 heavy (non-hydrogen) atoms. The van der Waals surface area contributed by atoms with E-state index in [4.69, 9.17) is 4.42 Å². The lowest BCUT2D eigenvalue weighted by Crippen LogP contribution is -2.44. The Bertz CT molecular complexity index is 612. The Morgan fingerprint density at radius 1 is 1.50 bits per heavy atom. The van der Waals surface area contributed by atoms with Crippen molar-refractivity contribution in [3.8, 4) is 10.8 Å². The Kier molecular flexibility index (Phi) is 5.15. The molecule has 0 N–H and O–H groups in total. The van der Waals surface area contributed by atoms with Gasteiger partial charge in [-0.3, -0.25) is 4.79 Å². The van der Waals surface area contributed by atoms with E-state index in [1.165, 1.54) is 18.2 Å². The summed E-state index contributed by atoms with van der Waals surface area (Å²) in [6.45, 7) is 3.02. The highest BCUT2D eigenvalue weighted by Gasteiger charge is 2.25. The van der Waals surface area contributed by atoms with Crippen LogP contribution in [-0.4, -0.2) is 39.3 Å². The van der Waals surface area contributed by atoms with Crippen molar-refractivity contribution in [2.24, 2.45) is 0 Å². The second kappa shape index (κ2) is 7.28. The monoisotopic (exact) mass is 337 g/mol. The molecule has 0 aliphatic carbocycles. The zero-order valence-corrected chi connectivity index (χ0v) is 14.2. The van der Waals surface area contributed by atoms with E-state index in [1.54, 1.807) is 11.3 Å².